The maximum atomic E-state index is 11.6. The minimum absolute atomic E-state index is 0.148. The highest BCUT2D eigenvalue weighted by Crippen LogP contribution is 2.26. The van der Waals surface area contributed by atoms with Crippen LogP contribution in [0, 0.1) is 0 Å². The fourth-order valence-corrected chi connectivity index (χ4v) is 3.17. The highest BCUT2D eigenvalue weighted by Gasteiger charge is 2.21. The first-order valence-electron chi connectivity index (χ1n) is 7.25. The van der Waals surface area contributed by atoms with E-state index in [9.17, 15) is 4.79 Å². The predicted molar refractivity (Wildman–Crippen MR) is 100 cm³/mol. The highest BCUT2D eigenvalue weighted by atomic mass is 32.2. The van der Waals surface area contributed by atoms with Crippen LogP contribution in [-0.2, 0) is 11.4 Å². The summed E-state index contributed by atoms with van der Waals surface area (Å²) in [7, 11) is 1.64. The Bertz CT molecular complexity index is 783. The van der Waals surface area contributed by atoms with Gasteiger partial charge in [-0.3, -0.25) is 4.79 Å². The zero-order valence-electron chi connectivity index (χ0n) is 12.9. The number of methoxy groups -OCH3 is 1. The number of benzene rings is 2. The quantitative estimate of drug-likeness (QED) is 0.652. The molecule has 0 spiro atoms. The molecule has 0 atom stereocenters. The molecule has 122 valence electrons. The molecule has 24 heavy (non-hydrogen) atoms. The largest absolute Gasteiger partial charge is 0.497 e. The summed E-state index contributed by atoms with van der Waals surface area (Å²) >= 11 is 6.24. The van der Waals surface area contributed by atoms with Crippen molar-refractivity contribution in [2.24, 2.45) is 0 Å². The van der Waals surface area contributed by atoms with Gasteiger partial charge in [0.1, 0.15) is 22.4 Å². The van der Waals surface area contributed by atoms with Crippen LogP contribution in [0.1, 0.15) is 11.1 Å². The van der Waals surface area contributed by atoms with Crippen LogP contribution >= 0.6 is 24.0 Å². The number of amides is 1. The van der Waals surface area contributed by atoms with Crippen LogP contribution in [0.25, 0.3) is 6.08 Å². The third-order valence-corrected chi connectivity index (χ3v) is 4.55. The Labute approximate surface area is 149 Å². The minimum Gasteiger partial charge on any atom is -0.497 e. The Hall–Kier alpha value is -2.31. The fraction of sp³-hybridized carbons (Fsp3) is 0.111. The lowest BCUT2D eigenvalue weighted by Crippen LogP contribution is -2.17. The predicted octanol–water partition coefficient (Wildman–Crippen LogP) is 3.76. The van der Waals surface area contributed by atoms with Gasteiger partial charge in [-0.25, -0.2) is 0 Å². The van der Waals surface area contributed by atoms with Gasteiger partial charge in [0.2, 0.25) is 0 Å². The third kappa shape index (κ3) is 4.15. The zero-order valence-corrected chi connectivity index (χ0v) is 14.6. The lowest BCUT2D eigenvalue weighted by molar-refractivity contribution is -0.115. The van der Waals surface area contributed by atoms with E-state index in [4.69, 9.17) is 21.7 Å². The van der Waals surface area contributed by atoms with Gasteiger partial charge in [-0.2, -0.15) is 0 Å². The van der Waals surface area contributed by atoms with E-state index in [2.05, 4.69) is 5.32 Å². The van der Waals surface area contributed by atoms with E-state index in [1.165, 1.54) is 11.8 Å². The zero-order chi connectivity index (χ0) is 16.9. The Morgan fingerprint density at radius 1 is 1.08 bits per heavy atom. The number of thioether (sulfide) groups is 1. The first-order valence-corrected chi connectivity index (χ1v) is 8.47. The summed E-state index contributed by atoms with van der Waals surface area (Å²) in [5, 5.41) is 2.60. The van der Waals surface area contributed by atoms with E-state index in [1.54, 1.807) is 7.11 Å². The maximum Gasteiger partial charge on any atom is 0.263 e. The topological polar surface area (TPSA) is 47.6 Å². The molecule has 3 rings (SSSR count). The first kappa shape index (κ1) is 16.5. The summed E-state index contributed by atoms with van der Waals surface area (Å²) in [6, 6.07) is 15.3. The number of nitrogens with one attached hydrogen (secondary N) is 1. The lowest BCUT2D eigenvalue weighted by atomic mass is 10.2. The van der Waals surface area contributed by atoms with E-state index in [-0.39, 0.29) is 5.91 Å². The number of hydrogen-bond donors (Lipinski definition) is 1. The van der Waals surface area contributed by atoms with Gasteiger partial charge < -0.3 is 14.8 Å². The number of carbonyl (C=O) groups is 1. The first-order chi connectivity index (χ1) is 11.6. The lowest BCUT2D eigenvalue weighted by Gasteiger charge is -2.07. The molecule has 0 radical (unpaired) electrons. The van der Waals surface area contributed by atoms with Crippen LogP contribution in [0.15, 0.2) is 53.4 Å². The summed E-state index contributed by atoms with van der Waals surface area (Å²) in [5.74, 6) is 1.45. The molecule has 6 heteroatoms. The minimum atomic E-state index is -0.148. The molecule has 1 aliphatic rings. The number of carbonyl (C=O) groups excluding carboxylic acids is 1. The highest BCUT2D eigenvalue weighted by molar-refractivity contribution is 8.26. The summed E-state index contributed by atoms with van der Waals surface area (Å²) in [6.07, 6.45) is 1.81. The van der Waals surface area contributed by atoms with Gasteiger partial charge in [-0.1, -0.05) is 48.2 Å². The number of ether oxygens (including phenoxy) is 2. The van der Waals surface area contributed by atoms with Crippen molar-refractivity contribution in [1.82, 2.24) is 5.32 Å². The molecule has 0 saturated carbocycles. The van der Waals surface area contributed by atoms with Gasteiger partial charge in [0.05, 0.1) is 12.0 Å². The molecule has 1 N–H and O–H groups in total. The van der Waals surface area contributed by atoms with Crippen LogP contribution in [-0.4, -0.2) is 17.3 Å². The molecule has 2 aromatic carbocycles. The fourth-order valence-electron chi connectivity index (χ4n) is 2.12. The average Bonchev–Trinajstić information content (AvgIpc) is 2.92. The van der Waals surface area contributed by atoms with Crippen molar-refractivity contribution in [3.05, 3.63) is 64.6 Å². The van der Waals surface area contributed by atoms with Crippen LogP contribution < -0.4 is 14.8 Å². The SMILES string of the molecule is COc1ccc(COc2ccc(C=C3SC(=S)NC3=O)cc2)cc1. The van der Waals surface area contributed by atoms with Crippen molar-refractivity contribution in [2.75, 3.05) is 7.11 Å². The van der Waals surface area contributed by atoms with Gasteiger partial charge >= 0.3 is 0 Å². The second-order valence-electron chi connectivity index (χ2n) is 5.06. The van der Waals surface area contributed by atoms with Gasteiger partial charge in [-0.15, -0.1) is 0 Å². The van der Waals surface area contributed by atoms with E-state index in [0.717, 1.165) is 22.6 Å². The number of rotatable bonds is 5. The summed E-state index contributed by atoms with van der Waals surface area (Å²) in [6.45, 7) is 0.483. The molecule has 1 aliphatic heterocycles. The molecule has 0 bridgehead atoms. The van der Waals surface area contributed by atoms with Crippen LogP contribution in [0.5, 0.6) is 11.5 Å². The molecule has 1 fully saturated rings. The molecular formula is C18H15NO3S2. The van der Waals surface area contributed by atoms with Crippen molar-refractivity contribution in [1.29, 1.82) is 0 Å². The van der Waals surface area contributed by atoms with E-state index in [1.807, 2.05) is 54.6 Å². The molecule has 1 amide bonds. The molecular weight excluding hydrogens is 342 g/mol. The van der Waals surface area contributed by atoms with Crippen molar-refractivity contribution >= 4 is 40.3 Å². The normalized spacial score (nSPS) is 15.5. The average molecular weight is 357 g/mol. The van der Waals surface area contributed by atoms with Gasteiger partial charge in [0.15, 0.2) is 0 Å². The second kappa shape index (κ2) is 7.51. The van der Waals surface area contributed by atoms with Gasteiger partial charge in [-0.05, 0) is 41.5 Å². The third-order valence-electron chi connectivity index (χ3n) is 3.38. The molecule has 0 unspecified atom stereocenters. The van der Waals surface area contributed by atoms with Crippen molar-refractivity contribution in [3.63, 3.8) is 0 Å². The smallest absolute Gasteiger partial charge is 0.263 e. The number of thiocarbonyl (C=S) groups is 1. The second-order valence-corrected chi connectivity index (χ2v) is 6.78. The monoisotopic (exact) mass is 357 g/mol. The van der Waals surface area contributed by atoms with Crippen molar-refractivity contribution in [3.8, 4) is 11.5 Å². The summed E-state index contributed by atoms with van der Waals surface area (Å²) in [4.78, 5) is 12.2. The molecule has 0 aromatic heterocycles. The molecule has 4 nitrogen and oxygen atoms in total. The number of hydrogen-bond acceptors (Lipinski definition) is 5. The van der Waals surface area contributed by atoms with Crippen molar-refractivity contribution < 1.29 is 14.3 Å². The van der Waals surface area contributed by atoms with Crippen molar-refractivity contribution in [2.45, 2.75) is 6.61 Å². The van der Waals surface area contributed by atoms with Gasteiger partial charge in [0.25, 0.3) is 5.91 Å². The van der Waals surface area contributed by atoms with E-state index >= 15 is 0 Å². The van der Waals surface area contributed by atoms with E-state index in [0.29, 0.717) is 15.8 Å². The Morgan fingerprint density at radius 2 is 1.75 bits per heavy atom. The maximum absolute atomic E-state index is 11.6. The van der Waals surface area contributed by atoms with Crippen LogP contribution in [0.2, 0.25) is 0 Å². The molecule has 2 aromatic rings. The molecule has 1 heterocycles. The summed E-state index contributed by atoms with van der Waals surface area (Å²) in [5.41, 5.74) is 1.99. The van der Waals surface area contributed by atoms with Crippen LogP contribution in [0.3, 0.4) is 0 Å². The van der Waals surface area contributed by atoms with Crippen LogP contribution in [0.4, 0.5) is 0 Å². The Kier molecular flexibility index (Phi) is 5.17. The van der Waals surface area contributed by atoms with E-state index < -0.39 is 0 Å². The summed E-state index contributed by atoms with van der Waals surface area (Å²) < 4.78 is 11.4. The molecule has 0 aliphatic carbocycles. The Morgan fingerprint density at radius 3 is 2.33 bits per heavy atom. The van der Waals surface area contributed by atoms with Gasteiger partial charge in [0, 0.05) is 0 Å². The standard InChI is InChI=1S/C18H15NO3S2/c1-21-14-6-4-13(5-7-14)11-22-15-8-2-12(3-9-15)10-16-17(20)19-18(23)24-16/h2-10H,11H2,1H3,(H,19,20,23). The molecule has 1 saturated heterocycles. The Balaban J connectivity index is 1.61.